The third-order valence-corrected chi connectivity index (χ3v) is 8.13. The van der Waals surface area contributed by atoms with E-state index >= 15 is 0 Å². The summed E-state index contributed by atoms with van der Waals surface area (Å²) >= 11 is 0. The Morgan fingerprint density at radius 2 is 1.79 bits per heavy atom. The number of alkyl halides is 3. The molecule has 3 aromatic carbocycles. The standard InChI is InChI=1S/C32H32F3N5O3/c1-38(29(41)26-10-6-8-22-7-2-3-9-25(22)26)28-30(40-17-5-4-11-27(40)37-28)43-31(42)36-24-16-18-39(20-24)19-21-12-14-23(15-13-21)32(33,34)35/h2-3,6-10,12-15,24H,4-5,11,16-20H2,1H3,(H,36,42). The molecule has 0 aliphatic carbocycles. The molecule has 0 spiro atoms. The molecule has 2 amide bonds. The minimum atomic E-state index is -4.37. The van der Waals surface area contributed by atoms with Gasteiger partial charge in [0.05, 0.1) is 5.56 Å². The maximum Gasteiger partial charge on any atom is 0.416 e. The Bertz CT molecular complexity index is 1650. The maximum absolute atomic E-state index is 13.7. The SMILES string of the molecule is CN(C(=O)c1cccc2ccccc12)c1nc2n(c1OC(=O)NC1CCN(Cc3ccc(C(F)(F)F)cc3)C1)CCCC2. The highest BCUT2D eigenvalue weighted by Gasteiger charge is 2.32. The van der Waals surface area contributed by atoms with Crippen LogP contribution in [-0.2, 0) is 25.7 Å². The normalized spacial score (nSPS) is 17.1. The largest absolute Gasteiger partial charge is 0.416 e. The van der Waals surface area contributed by atoms with Gasteiger partial charge in [0.2, 0.25) is 5.88 Å². The first-order chi connectivity index (χ1) is 20.7. The lowest BCUT2D eigenvalue weighted by molar-refractivity contribution is -0.137. The highest BCUT2D eigenvalue weighted by atomic mass is 19.4. The topological polar surface area (TPSA) is 79.7 Å². The van der Waals surface area contributed by atoms with E-state index in [1.165, 1.54) is 17.0 Å². The minimum Gasteiger partial charge on any atom is -0.389 e. The van der Waals surface area contributed by atoms with Gasteiger partial charge in [-0.05, 0) is 53.8 Å². The molecule has 1 fully saturated rings. The molecule has 3 heterocycles. The van der Waals surface area contributed by atoms with Gasteiger partial charge >= 0.3 is 12.3 Å². The molecular formula is C32H32F3N5O3. The molecule has 8 nitrogen and oxygen atoms in total. The fourth-order valence-electron chi connectivity index (χ4n) is 5.89. The number of benzene rings is 3. The Balaban J connectivity index is 1.14. The summed E-state index contributed by atoms with van der Waals surface area (Å²) in [5.74, 6) is 1.04. The van der Waals surface area contributed by atoms with Crippen LogP contribution in [0, 0.1) is 0 Å². The Kier molecular flexibility index (Phi) is 7.83. The average Bonchev–Trinajstić information content (AvgIpc) is 3.59. The van der Waals surface area contributed by atoms with Crippen LogP contribution in [0.1, 0.15) is 46.6 Å². The molecule has 0 radical (unpaired) electrons. The summed E-state index contributed by atoms with van der Waals surface area (Å²) in [6.45, 7) is 2.33. The molecule has 1 aromatic heterocycles. The molecule has 0 saturated carbocycles. The zero-order valence-corrected chi connectivity index (χ0v) is 23.7. The van der Waals surface area contributed by atoms with Crippen LogP contribution < -0.4 is 15.0 Å². The number of hydrogen-bond acceptors (Lipinski definition) is 5. The van der Waals surface area contributed by atoms with Gasteiger partial charge in [0.15, 0.2) is 5.82 Å². The second-order valence-corrected chi connectivity index (χ2v) is 11.1. The van der Waals surface area contributed by atoms with E-state index in [-0.39, 0.29) is 17.8 Å². The van der Waals surface area contributed by atoms with Crippen LogP contribution in [0.25, 0.3) is 10.8 Å². The smallest absolute Gasteiger partial charge is 0.389 e. The van der Waals surface area contributed by atoms with Crippen LogP contribution in [0.15, 0.2) is 66.7 Å². The number of fused-ring (bicyclic) bond motifs is 2. The Morgan fingerprint density at radius 1 is 1.02 bits per heavy atom. The van der Waals surface area contributed by atoms with Gasteiger partial charge < -0.3 is 10.1 Å². The van der Waals surface area contributed by atoms with E-state index in [0.717, 1.165) is 53.6 Å². The molecule has 4 aromatic rings. The van der Waals surface area contributed by atoms with Gasteiger partial charge in [-0.2, -0.15) is 13.2 Å². The highest BCUT2D eigenvalue weighted by Crippen LogP contribution is 2.34. The molecule has 1 unspecified atom stereocenters. The van der Waals surface area contributed by atoms with Crippen molar-refractivity contribution >= 4 is 28.6 Å². The predicted molar refractivity (Wildman–Crippen MR) is 156 cm³/mol. The first-order valence-electron chi connectivity index (χ1n) is 14.4. The van der Waals surface area contributed by atoms with Crippen LogP contribution in [0.2, 0.25) is 0 Å². The number of nitrogens with one attached hydrogen (secondary N) is 1. The number of halogens is 3. The Morgan fingerprint density at radius 3 is 2.58 bits per heavy atom. The van der Waals surface area contributed by atoms with Gasteiger partial charge in [0, 0.05) is 51.3 Å². The quantitative estimate of drug-likeness (QED) is 0.296. The van der Waals surface area contributed by atoms with Crippen molar-refractivity contribution in [2.75, 3.05) is 25.0 Å². The van der Waals surface area contributed by atoms with Crippen LogP contribution in [0.4, 0.5) is 23.8 Å². The van der Waals surface area contributed by atoms with Crippen LogP contribution >= 0.6 is 0 Å². The summed E-state index contributed by atoms with van der Waals surface area (Å²) in [6, 6.07) is 18.2. The van der Waals surface area contributed by atoms with Crippen molar-refractivity contribution < 1.29 is 27.5 Å². The van der Waals surface area contributed by atoms with Crippen molar-refractivity contribution in [3.63, 3.8) is 0 Å². The lowest BCUT2D eigenvalue weighted by atomic mass is 10.0. The van der Waals surface area contributed by atoms with Gasteiger partial charge in [-0.15, -0.1) is 0 Å². The number of ether oxygens (including phenoxy) is 1. The van der Waals surface area contributed by atoms with Gasteiger partial charge in [-0.25, -0.2) is 9.78 Å². The summed E-state index contributed by atoms with van der Waals surface area (Å²) in [5, 5.41) is 4.70. The van der Waals surface area contributed by atoms with Gasteiger partial charge in [0.1, 0.15) is 5.82 Å². The summed E-state index contributed by atoms with van der Waals surface area (Å²) in [4.78, 5) is 35.1. The summed E-state index contributed by atoms with van der Waals surface area (Å²) in [7, 11) is 1.64. The zero-order chi connectivity index (χ0) is 30.1. The number of anilines is 1. The maximum atomic E-state index is 13.7. The molecule has 43 heavy (non-hydrogen) atoms. The third-order valence-electron chi connectivity index (χ3n) is 8.13. The summed E-state index contributed by atoms with van der Waals surface area (Å²) in [6.07, 6.45) is -1.75. The fraction of sp³-hybridized carbons (Fsp3) is 0.344. The van der Waals surface area contributed by atoms with Crippen molar-refractivity contribution in [1.82, 2.24) is 19.8 Å². The van der Waals surface area contributed by atoms with Crippen LogP contribution in [0.5, 0.6) is 5.88 Å². The summed E-state index contributed by atoms with van der Waals surface area (Å²) in [5.41, 5.74) is 0.623. The number of aromatic nitrogens is 2. The zero-order valence-electron chi connectivity index (χ0n) is 23.7. The predicted octanol–water partition coefficient (Wildman–Crippen LogP) is 6.03. The molecule has 6 rings (SSSR count). The monoisotopic (exact) mass is 591 g/mol. The fourth-order valence-corrected chi connectivity index (χ4v) is 5.89. The van der Waals surface area contributed by atoms with Gasteiger partial charge in [-0.3, -0.25) is 19.2 Å². The molecule has 2 aliphatic rings. The lowest BCUT2D eigenvalue weighted by Crippen LogP contribution is -2.39. The number of rotatable bonds is 6. The van der Waals surface area contributed by atoms with Crippen molar-refractivity contribution in [1.29, 1.82) is 0 Å². The third kappa shape index (κ3) is 6.08. The molecule has 11 heteroatoms. The molecular weight excluding hydrogens is 559 g/mol. The number of carbonyl (C=O) groups is 2. The number of likely N-dealkylation sites (tertiary alicyclic amines) is 1. The number of imidazole rings is 1. The number of amides is 2. The van der Waals surface area contributed by atoms with Gasteiger partial charge in [-0.1, -0.05) is 48.5 Å². The van der Waals surface area contributed by atoms with E-state index in [1.807, 2.05) is 41.0 Å². The van der Waals surface area contributed by atoms with E-state index in [2.05, 4.69) is 10.2 Å². The molecule has 1 atom stereocenters. The molecule has 1 saturated heterocycles. The van der Waals surface area contributed by atoms with E-state index in [1.54, 1.807) is 13.1 Å². The van der Waals surface area contributed by atoms with Crippen molar-refractivity contribution in [3.8, 4) is 5.88 Å². The molecule has 0 bridgehead atoms. The average molecular weight is 592 g/mol. The molecule has 224 valence electrons. The van der Waals surface area contributed by atoms with Crippen LogP contribution in [-0.4, -0.2) is 52.6 Å². The molecule has 2 aliphatic heterocycles. The second-order valence-electron chi connectivity index (χ2n) is 11.1. The first-order valence-corrected chi connectivity index (χ1v) is 14.4. The summed E-state index contributed by atoms with van der Waals surface area (Å²) < 4.78 is 46.4. The van der Waals surface area contributed by atoms with Crippen molar-refractivity contribution in [2.45, 2.75) is 51.0 Å². The van der Waals surface area contributed by atoms with E-state index in [9.17, 15) is 22.8 Å². The van der Waals surface area contributed by atoms with E-state index < -0.39 is 17.8 Å². The molecule has 1 N–H and O–H groups in total. The first kappa shape index (κ1) is 28.7. The number of hydrogen-bond donors (Lipinski definition) is 1. The Labute approximate surface area is 247 Å². The second kappa shape index (κ2) is 11.7. The highest BCUT2D eigenvalue weighted by molar-refractivity contribution is 6.14. The number of aryl methyl sites for hydroxylation is 1. The van der Waals surface area contributed by atoms with Gasteiger partial charge in [0.25, 0.3) is 5.91 Å². The van der Waals surface area contributed by atoms with Crippen LogP contribution in [0.3, 0.4) is 0 Å². The van der Waals surface area contributed by atoms with Crippen molar-refractivity contribution in [3.05, 3.63) is 89.2 Å². The lowest BCUT2D eigenvalue weighted by Gasteiger charge is -2.20. The van der Waals surface area contributed by atoms with Crippen molar-refractivity contribution in [2.24, 2.45) is 0 Å². The number of nitrogens with zero attached hydrogens (tertiary/aromatic N) is 4. The Hall–Kier alpha value is -4.38. The van der Waals surface area contributed by atoms with E-state index in [4.69, 9.17) is 9.72 Å². The number of carbonyl (C=O) groups excluding carboxylic acids is 2. The van der Waals surface area contributed by atoms with E-state index in [0.29, 0.717) is 44.0 Å². The minimum absolute atomic E-state index is 0.191.